The van der Waals surface area contributed by atoms with Gasteiger partial charge in [-0.3, -0.25) is 4.90 Å². The van der Waals surface area contributed by atoms with E-state index in [0.717, 1.165) is 19.6 Å². The number of aromatic hydroxyl groups is 1. The summed E-state index contributed by atoms with van der Waals surface area (Å²) >= 11 is 1.39. The molecule has 2 aromatic rings. The van der Waals surface area contributed by atoms with Crippen LogP contribution in [-0.2, 0) is 0 Å². The van der Waals surface area contributed by atoms with E-state index in [1.165, 1.54) is 11.3 Å². The molecule has 1 saturated heterocycles. The van der Waals surface area contributed by atoms with Crippen LogP contribution in [0.1, 0.15) is 11.9 Å². The van der Waals surface area contributed by atoms with Gasteiger partial charge in [0.15, 0.2) is 5.82 Å². The Morgan fingerprint density at radius 1 is 1.42 bits per heavy atom. The van der Waals surface area contributed by atoms with E-state index >= 15 is 0 Å². The zero-order valence-electron chi connectivity index (χ0n) is 10.9. The lowest BCUT2D eigenvalue weighted by atomic mass is 10.2. The summed E-state index contributed by atoms with van der Waals surface area (Å²) in [5.74, 6) is 1.26. The summed E-state index contributed by atoms with van der Waals surface area (Å²) in [7, 11) is 4.16. The molecule has 1 fully saturated rings. The third kappa shape index (κ3) is 2.36. The lowest BCUT2D eigenvalue weighted by molar-refractivity contribution is 0.108. The summed E-state index contributed by atoms with van der Waals surface area (Å²) in [6.07, 6.45) is 0. The summed E-state index contributed by atoms with van der Waals surface area (Å²) in [5, 5.41) is 15.5. The number of hydrogen-bond donors (Lipinski definition) is 1. The van der Waals surface area contributed by atoms with Gasteiger partial charge in [0.05, 0.1) is 6.04 Å². The molecule has 1 aliphatic heterocycles. The molecule has 7 heteroatoms. The van der Waals surface area contributed by atoms with E-state index in [4.69, 9.17) is 4.52 Å². The molecule has 19 heavy (non-hydrogen) atoms. The van der Waals surface area contributed by atoms with E-state index < -0.39 is 0 Å². The normalized spacial score (nSPS) is 21.9. The Hall–Kier alpha value is -1.44. The zero-order valence-corrected chi connectivity index (χ0v) is 11.7. The highest BCUT2D eigenvalue weighted by molar-refractivity contribution is 7.13. The standard InChI is InChI=1S/C12H16N4O2S/c1-15-4-5-16(2)8(7-15)11-13-12(18-14-11)10-9(17)3-6-19-10/h3,6,8,17H,4-5,7H2,1-2H3. The summed E-state index contributed by atoms with van der Waals surface area (Å²) in [6, 6.07) is 1.77. The van der Waals surface area contributed by atoms with Gasteiger partial charge in [-0.2, -0.15) is 4.98 Å². The van der Waals surface area contributed by atoms with E-state index in [-0.39, 0.29) is 11.8 Å². The minimum atomic E-state index is 0.137. The minimum Gasteiger partial charge on any atom is -0.506 e. The highest BCUT2D eigenvalue weighted by Crippen LogP contribution is 2.34. The van der Waals surface area contributed by atoms with Gasteiger partial charge >= 0.3 is 0 Å². The molecule has 0 aromatic carbocycles. The van der Waals surface area contributed by atoms with Gasteiger partial charge in [0.2, 0.25) is 0 Å². The first-order chi connectivity index (χ1) is 9.15. The van der Waals surface area contributed by atoms with Gasteiger partial charge < -0.3 is 14.5 Å². The van der Waals surface area contributed by atoms with E-state index in [2.05, 4.69) is 34.0 Å². The molecule has 0 radical (unpaired) electrons. The molecule has 3 rings (SSSR count). The fraction of sp³-hybridized carbons (Fsp3) is 0.500. The van der Waals surface area contributed by atoms with Crippen LogP contribution >= 0.6 is 11.3 Å². The van der Waals surface area contributed by atoms with Crippen molar-refractivity contribution in [3.63, 3.8) is 0 Å². The molecule has 1 unspecified atom stereocenters. The quantitative estimate of drug-likeness (QED) is 0.897. The summed E-state index contributed by atoms with van der Waals surface area (Å²) in [6.45, 7) is 2.91. The molecule has 102 valence electrons. The molecule has 1 N–H and O–H groups in total. The maximum atomic E-state index is 9.68. The van der Waals surface area contributed by atoms with Crippen molar-refractivity contribution in [2.45, 2.75) is 6.04 Å². The Labute approximate surface area is 115 Å². The topological polar surface area (TPSA) is 65.6 Å². The van der Waals surface area contributed by atoms with Crippen molar-refractivity contribution in [1.82, 2.24) is 19.9 Å². The van der Waals surface area contributed by atoms with Crippen LogP contribution in [0.3, 0.4) is 0 Å². The molecule has 2 aromatic heterocycles. The highest BCUT2D eigenvalue weighted by atomic mass is 32.1. The number of nitrogens with zero attached hydrogens (tertiary/aromatic N) is 4. The molecule has 0 amide bonds. The first kappa shape index (κ1) is 12.6. The fourth-order valence-electron chi connectivity index (χ4n) is 2.21. The van der Waals surface area contributed by atoms with E-state index in [1.54, 1.807) is 11.4 Å². The Kier molecular flexibility index (Phi) is 3.26. The molecule has 0 spiro atoms. The van der Waals surface area contributed by atoms with Crippen LogP contribution in [0.5, 0.6) is 5.75 Å². The minimum absolute atomic E-state index is 0.137. The summed E-state index contributed by atoms with van der Waals surface area (Å²) in [4.78, 5) is 9.53. The van der Waals surface area contributed by atoms with Crippen LogP contribution in [0.15, 0.2) is 16.0 Å². The average molecular weight is 280 g/mol. The fourth-order valence-corrected chi connectivity index (χ4v) is 2.92. The molecule has 1 aliphatic rings. The Balaban J connectivity index is 1.87. The Bertz CT molecular complexity index is 568. The molecule has 0 bridgehead atoms. The number of hydrogen-bond acceptors (Lipinski definition) is 7. The number of aromatic nitrogens is 2. The SMILES string of the molecule is CN1CCN(C)C(c2noc(-c3sccc3O)n2)C1. The number of thiophene rings is 1. The predicted octanol–water partition coefficient (Wildman–Crippen LogP) is 1.42. The summed E-state index contributed by atoms with van der Waals surface area (Å²) in [5.41, 5.74) is 0. The molecule has 3 heterocycles. The number of rotatable bonds is 2. The maximum absolute atomic E-state index is 9.68. The molecule has 0 saturated carbocycles. The van der Waals surface area contributed by atoms with Crippen molar-refractivity contribution in [2.24, 2.45) is 0 Å². The Morgan fingerprint density at radius 3 is 3.00 bits per heavy atom. The lowest BCUT2D eigenvalue weighted by Crippen LogP contribution is -2.45. The van der Waals surface area contributed by atoms with Gasteiger partial charge in [0, 0.05) is 19.6 Å². The van der Waals surface area contributed by atoms with E-state index in [1.807, 2.05) is 0 Å². The molecule has 6 nitrogen and oxygen atoms in total. The molecular weight excluding hydrogens is 264 g/mol. The summed E-state index contributed by atoms with van der Waals surface area (Å²) < 4.78 is 5.27. The van der Waals surface area contributed by atoms with Crippen LogP contribution in [0, 0.1) is 0 Å². The van der Waals surface area contributed by atoms with Crippen LogP contribution in [-0.4, -0.2) is 58.8 Å². The van der Waals surface area contributed by atoms with Crippen LogP contribution in [0.2, 0.25) is 0 Å². The van der Waals surface area contributed by atoms with Gasteiger partial charge in [-0.15, -0.1) is 11.3 Å². The monoisotopic (exact) mass is 280 g/mol. The first-order valence-electron chi connectivity index (χ1n) is 6.14. The number of piperazine rings is 1. The van der Waals surface area contributed by atoms with Crippen molar-refractivity contribution >= 4 is 11.3 Å². The smallest absolute Gasteiger partial charge is 0.271 e. The van der Waals surface area contributed by atoms with Gasteiger partial charge in [0.1, 0.15) is 10.6 Å². The van der Waals surface area contributed by atoms with Crippen LogP contribution < -0.4 is 0 Å². The average Bonchev–Trinajstić information content (AvgIpc) is 3.00. The second kappa shape index (κ2) is 4.92. The largest absolute Gasteiger partial charge is 0.506 e. The molecule has 1 atom stereocenters. The zero-order chi connectivity index (χ0) is 13.4. The molecular formula is C12H16N4O2S. The van der Waals surface area contributed by atoms with E-state index in [9.17, 15) is 5.11 Å². The predicted molar refractivity (Wildman–Crippen MR) is 72.1 cm³/mol. The lowest BCUT2D eigenvalue weighted by Gasteiger charge is -2.35. The van der Waals surface area contributed by atoms with Crippen molar-refractivity contribution in [3.8, 4) is 16.5 Å². The number of likely N-dealkylation sites (N-methyl/N-ethyl adjacent to an activating group) is 2. The second-order valence-electron chi connectivity index (χ2n) is 4.85. The maximum Gasteiger partial charge on any atom is 0.271 e. The van der Waals surface area contributed by atoms with E-state index in [0.29, 0.717) is 16.6 Å². The van der Waals surface area contributed by atoms with Crippen LogP contribution in [0.4, 0.5) is 0 Å². The van der Waals surface area contributed by atoms with Gasteiger partial charge in [-0.05, 0) is 25.5 Å². The second-order valence-corrected chi connectivity index (χ2v) is 5.77. The van der Waals surface area contributed by atoms with Gasteiger partial charge in [-0.25, -0.2) is 0 Å². The van der Waals surface area contributed by atoms with Crippen molar-refractivity contribution in [3.05, 3.63) is 17.3 Å². The first-order valence-corrected chi connectivity index (χ1v) is 7.02. The third-order valence-corrected chi connectivity index (χ3v) is 4.32. The van der Waals surface area contributed by atoms with Gasteiger partial charge in [-0.1, -0.05) is 5.16 Å². The molecule has 0 aliphatic carbocycles. The third-order valence-electron chi connectivity index (χ3n) is 3.43. The van der Waals surface area contributed by atoms with Crippen molar-refractivity contribution in [2.75, 3.05) is 33.7 Å². The highest BCUT2D eigenvalue weighted by Gasteiger charge is 2.28. The van der Waals surface area contributed by atoms with Crippen molar-refractivity contribution < 1.29 is 9.63 Å². The van der Waals surface area contributed by atoms with Gasteiger partial charge in [0.25, 0.3) is 5.89 Å². The van der Waals surface area contributed by atoms with Crippen LogP contribution in [0.25, 0.3) is 10.8 Å². The van der Waals surface area contributed by atoms with Crippen molar-refractivity contribution in [1.29, 1.82) is 0 Å². The Morgan fingerprint density at radius 2 is 2.26 bits per heavy atom.